The molecule has 0 fully saturated rings. The van der Waals surface area contributed by atoms with Crippen LogP contribution in [0.4, 0.5) is 0 Å². The zero-order chi connectivity index (χ0) is 9.84. The Morgan fingerprint density at radius 2 is 2.46 bits per heavy atom. The number of nitrogens with one attached hydrogen (secondary N) is 1. The second-order valence-corrected chi connectivity index (χ2v) is 4.87. The van der Waals surface area contributed by atoms with Crippen molar-refractivity contribution in [3.05, 3.63) is 21.3 Å². The summed E-state index contributed by atoms with van der Waals surface area (Å²) in [6.07, 6.45) is 0. The van der Waals surface area contributed by atoms with Crippen molar-refractivity contribution in [2.75, 3.05) is 5.33 Å². The van der Waals surface area contributed by atoms with Crippen LogP contribution in [0, 0.1) is 0 Å². The summed E-state index contributed by atoms with van der Waals surface area (Å²) >= 11 is 10.3. The molecule has 0 aromatic carbocycles. The highest BCUT2D eigenvalue weighted by Crippen LogP contribution is 2.26. The van der Waals surface area contributed by atoms with Gasteiger partial charge in [-0.05, 0) is 19.1 Å². The first kappa shape index (κ1) is 11.0. The number of carbonyl (C=O) groups is 1. The van der Waals surface area contributed by atoms with Crippen LogP contribution in [0.5, 0.6) is 0 Å². The number of halogens is 2. The van der Waals surface area contributed by atoms with Gasteiger partial charge in [0.2, 0.25) is 5.91 Å². The van der Waals surface area contributed by atoms with Crippen LogP contribution in [-0.4, -0.2) is 11.2 Å². The predicted octanol–water partition coefficient (Wildman–Crippen LogP) is 2.97. The highest BCUT2D eigenvalue weighted by molar-refractivity contribution is 9.09. The Morgan fingerprint density at radius 1 is 1.77 bits per heavy atom. The molecule has 2 nitrogen and oxygen atoms in total. The van der Waals surface area contributed by atoms with Crippen molar-refractivity contribution in [1.29, 1.82) is 0 Å². The third-order valence-corrected chi connectivity index (χ3v) is 3.44. The molecule has 0 radical (unpaired) electrons. The second kappa shape index (κ2) is 4.98. The highest BCUT2D eigenvalue weighted by atomic mass is 79.9. The van der Waals surface area contributed by atoms with Gasteiger partial charge < -0.3 is 5.32 Å². The fraction of sp³-hybridized carbons (Fsp3) is 0.375. The molecule has 0 bridgehead atoms. The first-order valence-electron chi connectivity index (χ1n) is 3.74. The topological polar surface area (TPSA) is 29.1 Å². The summed E-state index contributed by atoms with van der Waals surface area (Å²) in [5, 5.41) is 3.15. The lowest BCUT2D eigenvalue weighted by atomic mass is 10.3. The summed E-state index contributed by atoms with van der Waals surface area (Å²) in [6.45, 7) is 1.93. The Bertz CT molecular complexity index is 302. The maximum atomic E-state index is 11.0. The molecule has 72 valence electrons. The van der Waals surface area contributed by atoms with Gasteiger partial charge in [-0.25, -0.2) is 0 Å². The SMILES string of the molecule is CC(NC(=O)CBr)c1ccc(Cl)s1. The van der Waals surface area contributed by atoms with E-state index < -0.39 is 0 Å². The monoisotopic (exact) mass is 281 g/mol. The van der Waals surface area contributed by atoms with Gasteiger partial charge in [-0.1, -0.05) is 27.5 Å². The molecule has 1 N–H and O–H groups in total. The third-order valence-electron chi connectivity index (χ3n) is 1.52. The van der Waals surface area contributed by atoms with Crippen molar-refractivity contribution >= 4 is 44.8 Å². The van der Waals surface area contributed by atoms with Crippen LogP contribution in [-0.2, 0) is 4.79 Å². The average molecular weight is 283 g/mol. The fourth-order valence-electron chi connectivity index (χ4n) is 0.912. The normalized spacial score (nSPS) is 12.5. The van der Waals surface area contributed by atoms with Crippen molar-refractivity contribution in [3.63, 3.8) is 0 Å². The van der Waals surface area contributed by atoms with Gasteiger partial charge in [0.15, 0.2) is 0 Å². The minimum absolute atomic E-state index is 0.0166. The van der Waals surface area contributed by atoms with Crippen molar-refractivity contribution in [2.24, 2.45) is 0 Å². The summed E-state index contributed by atoms with van der Waals surface area (Å²) in [4.78, 5) is 12.1. The number of rotatable bonds is 3. The molecule has 1 rings (SSSR count). The Labute approximate surface area is 94.4 Å². The van der Waals surface area contributed by atoms with E-state index in [9.17, 15) is 4.79 Å². The average Bonchev–Trinajstić information content (AvgIpc) is 2.51. The maximum absolute atomic E-state index is 11.0. The Balaban J connectivity index is 2.58. The van der Waals surface area contributed by atoms with Gasteiger partial charge in [-0.2, -0.15) is 0 Å². The molecule has 1 atom stereocenters. The smallest absolute Gasteiger partial charge is 0.231 e. The maximum Gasteiger partial charge on any atom is 0.231 e. The summed E-state index contributed by atoms with van der Waals surface area (Å²) < 4.78 is 0.745. The Kier molecular flexibility index (Phi) is 4.22. The zero-order valence-corrected chi connectivity index (χ0v) is 10.2. The first-order valence-corrected chi connectivity index (χ1v) is 6.05. The molecule has 0 saturated carbocycles. The lowest BCUT2D eigenvalue weighted by Gasteiger charge is -2.10. The van der Waals surface area contributed by atoms with Gasteiger partial charge in [-0.3, -0.25) is 4.79 Å². The van der Waals surface area contributed by atoms with Crippen LogP contribution in [0.25, 0.3) is 0 Å². The van der Waals surface area contributed by atoms with Gasteiger partial charge in [0.05, 0.1) is 15.7 Å². The third kappa shape index (κ3) is 3.29. The van der Waals surface area contributed by atoms with E-state index in [0.717, 1.165) is 9.21 Å². The van der Waals surface area contributed by atoms with E-state index in [4.69, 9.17) is 11.6 Å². The quantitative estimate of drug-likeness (QED) is 0.849. The van der Waals surface area contributed by atoms with E-state index in [-0.39, 0.29) is 11.9 Å². The van der Waals surface area contributed by atoms with E-state index in [2.05, 4.69) is 21.2 Å². The molecule has 0 aliphatic carbocycles. The molecule has 1 unspecified atom stereocenters. The van der Waals surface area contributed by atoms with Gasteiger partial charge >= 0.3 is 0 Å². The minimum Gasteiger partial charge on any atom is -0.348 e. The van der Waals surface area contributed by atoms with Crippen LogP contribution < -0.4 is 5.32 Å². The molecule has 1 amide bonds. The number of carbonyl (C=O) groups excluding carboxylic acids is 1. The molecular weight excluding hydrogens is 274 g/mol. The molecule has 1 aromatic heterocycles. The van der Waals surface area contributed by atoms with Crippen LogP contribution in [0.15, 0.2) is 12.1 Å². The Hall–Kier alpha value is -0.0600. The molecule has 1 heterocycles. The van der Waals surface area contributed by atoms with E-state index in [1.165, 1.54) is 11.3 Å². The lowest BCUT2D eigenvalue weighted by Crippen LogP contribution is -2.26. The predicted molar refractivity (Wildman–Crippen MR) is 59.7 cm³/mol. The van der Waals surface area contributed by atoms with E-state index in [0.29, 0.717) is 5.33 Å². The number of amides is 1. The number of hydrogen-bond acceptors (Lipinski definition) is 2. The number of thiophene rings is 1. The fourth-order valence-corrected chi connectivity index (χ4v) is 2.14. The van der Waals surface area contributed by atoms with Crippen molar-refractivity contribution < 1.29 is 4.79 Å². The standard InChI is InChI=1S/C8H9BrClNOS/c1-5(11-8(12)4-9)6-2-3-7(10)13-6/h2-3,5H,4H2,1H3,(H,11,12). The van der Waals surface area contributed by atoms with Crippen LogP contribution in [0.3, 0.4) is 0 Å². The van der Waals surface area contributed by atoms with E-state index in [1.54, 1.807) is 0 Å². The largest absolute Gasteiger partial charge is 0.348 e. The molecule has 0 aliphatic heterocycles. The van der Waals surface area contributed by atoms with Gasteiger partial charge in [0.1, 0.15) is 0 Å². The summed E-state index contributed by atoms with van der Waals surface area (Å²) in [6, 6.07) is 3.78. The van der Waals surface area contributed by atoms with Crippen molar-refractivity contribution in [2.45, 2.75) is 13.0 Å². The van der Waals surface area contributed by atoms with Crippen molar-refractivity contribution in [3.8, 4) is 0 Å². The lowest BCUT2D eigenvalue weighted by molar-refractivity contribution is -0.119. The molecular formula is C8H9BrClNOS. The zero-order valence-electron chi connectivity index (χ0n) is 7.01. The summed E-state index contributed by atoms with van der Waals surface area (Å²) in [5.74, 6) is -0.0166. The van der Waals surface area contributed by atoms with Gasteiger partial charge in [0.25, 0.3) is 0 Å². The molecule has 5 heteroatoms. The first-order chi connectivity index (χ1) is 6.13. The second-order valence-electron chi connectivity index (χ2n) is 2.56. The number of hydrogen-bond donors (Lipinski definition) is 1. The van der Waals surface area contributed by atoms with Crippen LogP contribution >= 0.6 is 38.9 Å². The van der Waals surface area contributed by atoms with Crippen LogP contribution in [0.2, 0.25) is 4.34 Å². The van der Waals surface area contributed by atoms with E-state index in [1.807, 2.05) is 19.1 Å². The van der Waals surface area contributed by atoms with Gasteiger partial charge in [0, 0.05) is 4.88 Å². The Morgan fingerprint density at radius 3 is 2.92 bits per heavy atom. The van der Waals surface area contributed by atoms with Crippen LogP contribution in [0.1, 0.15) is 17.8 Å². The summed E-state index contributed by atoms with van der Waals surface area (Å²) in [7, 11) is 0. The minimum atomic E-state index is -0.0166. The molecule has 0 aliphatic rings. The number of alkyl halides is 1. The molecule has 1 aromatic rings. The molecule has 0 spiro atoms. The van der Waals surface area contributed by atoms with Crippen molar-refractivity contribution in [1.82, 2.24) is 5.32 Å². The summed E-state index contributed by atoms with van der Waals surface area (Å²) in [5.41, 5.74) is 0. The molecule has 0 saturated heterocycles. The van der Waals surface area contributed by atoms with Gasteiger partial charge in [-0.15, -0.1) is 11.3 Å². The van der Waals surface area contributed by atoms with E-state index >= 15 is 0 Å². The molecule has 13 heavy (non-hydrogen) atoms. The highest BCUT2D eigenvalue weighted by Gasteiger charge is 2.09.